The summed E-state index contributed by atoms with van der Waals surface area (Å²) < 4.78 is 5.81. The zero-order valence-corrected chi connectivity index (χ0v) is 10.3. The fourth-order valence-electron chi connectivity index (χ4n) is 3.03. The van der Waals surface area contributed by atoms with Gasteiger partial charge in [-0.2, -0.15) is 0 Å². The largest absolute Gasteiger partial charge is 0.378 e. The van der Waals surface area contributed by atoms with Crippen molar-refractivity contribution >= 4 is 16.5 Å². The monoisotopic (exact) mass is 239 g/mol. The van der Waals surface area contributed by atoms with Crippen molar-refractivity contribution in [2.45, 2.75) is 44.8 Å². The first-order valence-electron chi connectivity index (χ1n) is 5.99. The van der Waals surface area contributed by atoms with E-state index in [0.717, 1.165) is 18.2 Å². The summed E-state index contributed by atoms with van der Waals surface area (Å²) in [7, 11) is 0. The Hall–Kier alpha value is -0.680. The Bertz CT molecular complexity index is 350. The Morgan fingerprint density at radius 1 is 1.62 bits per heavy atom. The molecule has 4 nitrogen and oxygen atoms in total. The highest BCUT2D eigenvalue weighted by molar-refractivity contribution is 7.13. The Morgan fingerprint density at radius 2 is 2.50 bits per heavy atom. The van der Waals surface area contributed by atoms with Gasteiger partial charge in [0, 0.05) is 18.1 Å². The van der Waals surface area contributed by atoms with Gasteiger partial charge in [-0.3, -0.25) is 0 Å². The fourth-order valence-corrected chi connectivity index (χ4v) is 3.52. The van der Waals surface area contributed by atoms with Gasteiger partial charge in [0.25, 0.3) is 0 Å². The maximum atomic E-state index is 5.81. The number of nitrogens with zero attached hydrogens (tertiary/aromatic N) is 2. The summed E-state index contributed by atoms with van der Waals surface area (Å²) in [5.41, 5.74) is 2.18. The number of hydrogen-bond donors (Lipinski definition) is 1. The summed E-state index contributed by atoms with van der Waals surface area (Å²) in [4.78, 5) is 0. The third kappa shape index (κ3) is 1.45. The maximum Gasteiger partial charge on any atom is 0.205 e. The van der Waals surface area contributed by atoms with Gasteiger partial charge in [-0.15, -0.1) is 10.2 Å². The van der Waals surface area contributed by atoms with Crippen LogP contribution in [0.15, 0.2) is 5.51 Å². The molecule has 0 radical (unpaired) electrons. The molecule has 0 amide bonds. The van der Waals surface area contributed by atoms with Crippen molar-refractivity contribution in [1.29, 1.82) is 0 Å². The topological polar surface area (TPSA) is 47.0 Å². The van der Waals surface area contributed by atoms with Gasteiger partial charge in [0.15, 0.2) is 0 Å². The molecular weight excluding hydrogens is 222 g/mol. The van der Waals surface area contributed by atoms with E-state index in [9.17, 15) is 0 Å². The van der Waals surface area contributed by atoms with Crippen LogP contribution in [-0.4, -0.2) is 29.0 Å². The van der Waals surface area contributed by atoms with E-state index in [0.29, 0.717) is 17.6 Å². The zero-order chi connectivity index (χ0) is 11.0. The average molecular weight is 239 g/mol. The average Bonchev–Trinajstić information content (AvgIpc) is 2.66. The molecule has 1 N–H and O–H groups in total. The van der Waals surface area contributed by atoms with E-state index in [-0.39, 0.29) is 0 Å². The Kier molecular flexibility index (Phi) is 2.59. The Labute approximate surface area is 99.4 Å². The van der Waals surface area contributed by atoms with Crippen molar-refractivity contribution in [3.8, 4) is 0 Å². The molecule has 2 atom stereocenters. The molecule has 2 aliphatic carbocycles. The summed E-state index contributed by atoms with van der Waals surface area (Å²) in [6.45, 7) is 2.91. The molecule has 2 unspecified atom stereocenters. The molecule has 1 aromatic rings. The summed E-state index contributed by atoms with van der Waals surface area (Å²) in [5.74, 6) is 0. The van der Waals surface area contributed by atoms with E-state index in [1.165, 1.54) is 19.3 Å². The number of anilines is 1. The molecule has 1 aromatic heterocycles. The van der Waals surface area contributed by atoms with Crippen molar-refractivity contribution in [1.82, 2.24) is 10.2 Å². The van der Waals surface area contributed by atoms with Gasteiger partial charge in [-0.1, -0.05) is 17.8 Å². The first-order chi connectivity index (χ1) is 7.85. The predicted octanol–water partition coefficient (Wildman–Crippen LogP) is 2.30. The van der Waals surface area contributed by atoms with Crippen molar-refractivity contribution in [2.75, 3.05) is 11.9 Å². The van der Waals surface area contributed by atoms with Gasteiger partial charge in [0.1, 0.15) is 5.51 Å². The Balaban J connectivity index is 1.65. The molecule has 3 rings (SSSR count). The first-order valence-corrected chi connectivity index (χ1v) is 6.87. The van der Waals surface area contributed by atoms with Crippen molar-refractivity contribution in [3.63, 3.8) is 0 Å². The quantitative estimate of drug-likeness (QED) is 0.875. The smallest absolute Gasteiger partial charge is 0.205 e. The van der Waals surface area contributed by atoms with Gasteiger partial charge in [0.2, 0.25) is 5.13 Å². The van der Waals surface area contributed by atoms with Crippen LogP contribution in [-0.2, 0) is 4.74 Å². The lowest BCUT2D eigenvalue weighted by Crippen LogP contribution is -2.64. The number of ether oxygens (including phenoxy) is 1. The number of hydrogen-bond acceptors (Lipinski definition) is 5. The van der Waals surface area contributed by atoms with Crippen molar-refractivity contribution in [2.24, 2.45) is 5.41 Å². The molecule has 16 heavy (non-hydrogen) atoms. The minimum absolute atomic E-state index is 0.404. The number of aromatic nitrogens is 2. The van der Waals surface area contributed by atoms with Crippen LogP contribution in [0.5, 0.6) is 0 Å². The van der Waals surface area contributed by atoms with Crippen LogP contribution in [0, 0.1) is 5.41 Å². The van der Waals surface area contributed by atoms with E-state index in [1.54, 1.807) is 16.8 Å². The highest BCUT2D eigenvalue weighted by atomic mass is 32.1. The lowest BCUT2D eigenvalue weighted by atomic mass is 9.51. The van der Waals surface area contributed by atoms with Gasteiger partial charge in [-0.05, 0) is 26.2 Å². The molecule has 0 aliphatic heterocycles. The summed E-state index contributed by atoms with van der Waals surface area (Å²) in [5, 5.41) is 12.4. The molecule has 88 valence electrons. The first kappa shape index (κ1) is 10.5. The summed E-state index contributed by atoms with van der Waals surface area (Å²) >= 11 is 1.58. The van der Waals surface area contributed by atoms with Crippen LogP contribution in [0.25, 0.3) is 0 Å². The van der Waals surface area contributed by atoms with Crippen LogP contribution in [0.1, 0.15) is 32.6 Å². The Morgan fingerprint density at radius 3 is 3.06 bits per heavy atom. The number of nitrogens with one attached hydrogen (secondary N) is 1. The van der Waals surface area contributed by atoms with E-state index in [1.807, 2.05) is 0 Å². The molecular formula is C11H17N3OS. The van der Waals surface area contributed by atoms with Gasteiger partial charge in [0.05, 0.1) is 6.10 Å². The highest BCUT2D eigenvalue weighted by Crippen LogP contribution is 2.58. The molecule has 0 aromatic carbocycles. The van der Waals surface area contributed by atoms with E-state index in [4.69, 9.17) is 4.74 Å². The van der Waals surface area contributed by atoms with Crippen LogP contribution in [0.2, 0.25) is 0 Å². The summed E-state index contributed by atoms with van der Waals surface area (Å²) in [6, 6.07) is 0.547. The van der Waals surface area contributed by atoms with Crippen LogP contribution in [0.3, 0.4) is 0 Å². The highest BCUT2D eigenvalue weighted by Gasteiger charge is 2.59. The lowest BCUT2D eigenvalue weighted by molar-refractivity contribution is -0.157. The lowest BCUT2D eigenvalue weighted by Gasteiger charge is -2.60. The zero-order valence-electron chi connectivity index (χ0n) is 9.48. The third-order valence-electron chi connectivity index (χ3n) is 4.10. The van der Waals surface area contributed by atoms with E-state index < -0.39 is 0 Å². The molecule has 0 bridgehead atoms. The van der Waals surface area contributed by atoms with E-state index >= 15 is 0 Å². The maximum absolute atomic E-state index is 5.81. The van der Waals surface area contributed by atoms with E-state index in [2.05, 4.69) is 22.4 Å². The number of rotatable bonds is 4. The standard InChI is InChI=1S/C11H17N3OS/c1-2-15-9-6-8(11(9)4-3-5-11)13-10-14-12-7-16-10/h7-9H,2-6H2,1H3,(H,13,14). The minimum Gasteiger partial charge on any atom is -0.378 e. The SMILES string of the molecule is CCOC1CC(Nc2nncs2)C12CCC2. The summed E-state index contributed by atoms with van der Waals surface area (Å²) in [6.07, 6.45) is 5.53. The van der Waals surface area contributed by atoms with Gasteiger partial charge >= 0.3 is 0 Å². The normalized spacial score (nSPS) is 30.8. The van der Waals surface area contributed by atoms with Crippen LogP contribution < -0.4 is 5.32 Å². The fraction of sp³-hybridized carbons (Fsp3) is 0.818. The second kappa shape index (κ2) is 3.96. The molecule has 1 spiro atoms. The molecule has 1 heterocycles. The van der Waals surface area contributed by atoms with Crippen LogP contribution >= 0.6 is 11.3 Å². The third-order valence-corrected chi connectivity index (χ3v) is 4.72. The van der Waals surface area contributed by atoms with Gasteiger partial charge < -0.3 is 10.1 Å². The predicted molar refractivity (Wildman–Crippen MR) is 63.6 cm³/mol. The molecule has 0 saturated heterocycles. The van der Waals surface area contributed by atoms with Crippen molar-refractivity contribution in [3.05, 3.63) is 5.51 Å². The second-order valence-corrected chi connectivity index (χ2v) is 5.54. The molecule has 2 aliphatic rings. The van der Waals surface area contributed by atoms with Crippen LogP contribution in [0.4, 0.5) is 5.13 Å². The molecule has 2 fully saturated rings. The second-order valence-electron chi connectivity index (χ2n) is 4.71. The van der Waals surface area contributed by atoms with Crippen molar-refractivity contribution < 1.29 is 4.74 Å². The minimum atomic E-state index is 0.404. The van der Waals surface area contributed by atoms with Gasteiger partial charge in [-0.25, -0.2) is 0 Å². The molecule has 2 saturated carbocycles. The molecule has 5 heteroatoms.